The maximum absolute atomic E-state index is 12.8. The highest BCUT2D eigenvalue weighted by atomic mass is 16.5. The third-order valence-corrected chi connectivity index (χ3v) is 5.76. The summed E-state index contributed by atoms with van der Waals surface area (Å²) >= 11 is 0. The highest BCUT2D eigenvalue weighted by molar-refractivity contribution is 5.77. The van der Waals surface area contributed by atoms with Gasteiger partial charge in [-0.15, -0.1) is 0 Å². The molecule has 3 heterocycles. The second-order valence-corrected chi connectivity index (χ2v) is 8.20. The SMILES string of the molecule is C[C@@H]1CN(C[C@H]2CN(C(=O)Cn3nc4ccccc4n3)C[C@H]2CO)C[C@H](C)O1. The van der Waals surface area contributed by atoms with Gasteiger partial charge in [0.1, 0.15) is 17.6 Å². The lowest BCUT2D eigenvalue weighted by molar-refractivity contribution is -0.131. The van der Waals surface area contributed by atoms with E-state index in [-0.39, 0.29) is 43.1 Å². The van der Waals surface area contributed by atoms with Crippen molar-refractivity contribution in [1.82, 2.24) is 24.8 Å². The van der Waals surface area contributed by atoms with E-state index in [0.717, 1.165) is 30.7 Å². The molecule has 2 aliphatic rings. The van der Waals surface area contributed by atoms with Gasteiger partial charge in [0.15, 0.2) is 0 Å². The van der Waals surface area contributed by atoms with E-state index < -0.39 is 0 Å². The number of amides is 1. The zero-order valence-corrected chi connectivity index (χ0v) is 16.6. The summed E-state index contributed by atoms with van der Waals surface area (Å²) in [5.74, 6) is 0.392. The Labute approximate surface area is 165 Å². The quantitative estimate of drug-likeness (QED) is 0.809. The van der Waals surface area contributed by atoms with Crippen LogP contribution >= 0.6 is 0 Å². The number of morpholine rings is 1. The van der Waals surface area contributed by atoms with E-state index in [2.05, 4.69) is 28.9 Å². The monoisotopic (exact) mass is 387 g/mol. The minimum Gasteiger partial charge on any atom is -0.396 e. The number of aliphatic hydroxyl groups excluding tert-OH is 1. The highest BCUT2D eigenvalue weighted by Crippen LogP contribution is 2.26. The maximum atomic E-state index is 12.8. The summed E-state index contributed by atoms with van der Waals surface area (Å²) in [6.45, 7) is 8.38. The number of hydrogen-bond acceptors (Lipinski definition) is 6. The molecule has 8 heteroatoms. The lowest BCUT2D eigenvalue weighted by Gasteiger charge is -2.37. The van der Waals surface area contributed by atoms with Crippen LogP contribution in [0.3, 0.4) is 0 Å². The lowest BCUT2D eigenvalue weighted by atomic mass is 9.96. The molecule has 1 aromatic heterocycles. The first kappa shape index (κ1) is 19.3. The Hall–Kier alpha value is -2.03. The average Bonchev–Trinajstić information content (AvgIpc) is 3.23. The number of fused-ring (bicyclic) bond motifs is 1. The molecular formula is C20H29N5O3. The number of likely N-dealkylation sites (tertiary alicyclic amines) is 1. The summed E-state index contributed by atoms with van der Waals surface area (Å²) in [6.07, 6.45) is 0.436. The number of aliphatic hydroxyl groups is 1. The number of aromatic nitrogens is 3. The van der Waals surface area contributed by atoms with Crippen LogP contribution in [0.25, 0.3) is 11.0 Å². The Balaban J connectivity index is 1.38. The van der Waals surface area contributed by atoms with Crippen LogP contribution in [0.15, 0.2) is 24.3 Å². The topological polar surface area (TPSA) is 83.7 Å². The van der Waals surface area contributed by atoms with Crippen LogP contribution in [-0.2, 0) is 16.1 Å². The van der Waals surface area contributed by atoms with Gasteiger partial charge in [-0.05, 0) is 31.9 Å². The number of ether oxygens (including phenoxy) is 1. The summed E-state index contributed by atoms with van der Waals surface area (Å²) in [5, 5.41) is 18.6. The molecule has 0 saturated carbocycles. The van der Waals surface area contributed by atoms with Crippen LogP contribution in [0.4, 0.5) is 0 Å². The summed E-state index contributed by atoms with van der Waals surface area (Å²) in [5.41, 5.74) is 1.58. The van der Waals surface area contributed by atoms with E-state index in [0.29, 0.717) is 13.1 Å². The van der Waals surface area contributed by atoms with Gasteiger partial charge in [0.2, 0.25) is 5.91 Å². The van der Waals surface area contributed by atoms with Gasteiger partial charge in [0.05, 0.1) is 12.2 Å². The van der Waals surface area contributed by atoms with Crippen LogP contribution < -0.4 is 0 Å². The second kappa shape index (κ2) is 8.14. The number of hydrogen-bond donors (Lipinski definition) is 1. The van der Waals surface area contributed by atoms with Crippen LogP contribution in [0.2, 0.25) is 0 Å². The Morgan fingerprint density at radius 1 is 1.07 bits per heavy atom. The van der Waals surface area contributed by atoms with E-state index in [9.17, 15) is 9.90 Å². The largest absolute Gasteiger partial charge is 0.396 e. The van der Waals surface area contributed by atoms with Crippen molar-refractivity contribution in [2.75, 3.05) is 39.3 Å². The Morgan fingerprint density at radius 3 is 2.29 bits per heavy atom. The Kier molecular flexibility index (Phi) is 5.61. The van der Waals surface area contributed by atoms with Crippen molar-refractivity contribution in [3.63, 3.8) is 0 Å². The van der Waals surface area contributed by atoms with Crippen molar-refractivity contribution in [1.29, 1.82) is 0 Å². The fraction of sp³-hybridized carbons (Fsp3) is 0.650. The van der Waals surface area contributed by atoms with Gasteiger partial charge in [0.25, 0.3) is 0 Å². The molecule has 4 rings (SSSR count). The molecule has 0 unspecified atom stereocenters. The normalized spacial score (nSPS) is 28.9. The minimum atomic E-state index is 0.00460. The molecule has 1 aromatic carbocycles. The molecule has 0 spiro atoms. The predicted molar refractivity (Wildman–Crippen MR) is 105 cm³/mol. The third kappa shape index (κ3) is 4.19. The molecule has 4 atom stereocenters. The predicted octanol–water partition coefficient (Wildman–Crippen LogP) is 0.607. The average molecular weight is 387 g/mol. The van der Waals surface area contributed by atoms with Gasteiger partial charge in [-0.1, -0.05) is 12.1 Å². The smallest absolute Gasteiger partial charge is 0.246 e. The van der Waals surface area contributed by atoms with E-state index >= 15 is 0 Å². The molecule has 2 aliphatic heterocycles. The number of carbonyl (C=O) groups excluding carboxylic acids is 1. The molecule has 1 N–H and O–H groups in total. The van der Waals surface area contributed by atoms with Crippen LogP contribution in [0, 0.1) is 11.8 Å². The molecule has 8 nitrogen and oxygen atoms in total. The fourth-order valence-electron chi connectivity index (χ4n) is 4.52. The molecule has 2 saturated heterocycles. The Bertz CT molecular complexity index is 782. The molecule has 1 amide bonds. The van der Waals surface area contributed by atoms with Crippen molar-refractivity contribution >= 4 is 16.9 Å². The standard InChI is InChI=1S/C20H29N5O3/c1-14-7-23(8-15(2)28-14)9-16-10-24(11-17(16)13-26)20(27)12-25-21-18-5-3-4-6-19(18)22-25/h3-6,14-17,26H,7-13H2,1-2H3/t14-,15+,16-,17-/m0/s1. The third-order valence-electron chi connectivity index (χ3n) is 5.76. The van der Waals surface area contributed by atoms with E-state index in [4.69, 9.17) is 4.74 Å². The van der Waals surface area contributed by atoms with Gasteiger partial charge in [-0.25, -0.2) is 0 Å². The fourth-order valence-corrected chi connectivity index (χ4v) is 4.52. The van der Waals surface area contributed by atoms with Gasteiger partial charge >= 0.3 is 0 Å². The van der Waals surface area contributed by atoms with E-state index in [1.54, 1.807) is 0 Å². The van der Waals surface area contributed by atoms with Crippen LogP contribution in [0.5, 0.6) is 0 Å². The molecular weight excluding hydrogens is 358 g/mol. The highest BCUT2D eigenvalue weighted by Gasteiger charge is 2.37. The van der Waals surface area contributed by atoms with Gasteiger partial charge in [-0.2, -0.15) is 15.0 Å². The van der Waals surface area contributed by atoms with Gasteiger partial charge < -0.3 is 14.7 Å². The summed E-state index contributed by atoms with van der Waals surface area (Å²) in [7, 11) is 0. The molecule has 2 fully saturated rings. The summed E-state index contributed by atoms with van der Waals surface area (Å²) in [4.78, 5) is 18.5. The zero-order chi connectivity index (χ0) is 19.7. The van der Waals surface area contributed by atoms with Crippen molar-refractivity contribution in [2.24, 2.45) is 11.8 Å². The van der Waals surface area contributed by atoms with E-state index in [1.807, 2.05) is 29.2 Å². The van der Waals surface area contributed by atoms with Crippen molar-refractivity contribution in [3.05, 3.63) is 24.3 Å². The number of benzene rings is 1. The van der Waals surface area contributed by atoms with Crippen molar-refractivity contribution in [2.45, 2.75) is 32.6 Å². The first-order valence-corrected chi connectivity index (χ1v) is 10.1. The van der Waals surface area contributed by atoms with E-state index in [1.165, 1.54) is 4.80 Å². The van der Waals surface area contributed by atoms with Crippen molar-refractivity contribution < 1.29 is 14.6 Å². The van der Waals surface area contributed by atoms with Crippen molar-refractivity contribution in [3.8, 4) is 0 Å². The first-order chi connectivity index (χ1) is 13.5. The number of nitrogens with zero attached hydrogens (tertiary/aromatic N) is 5. The zero-order valence-electron chi connectivity index (χ0n) is 16.6. The van der Waals surface area contributed by atoms with Gasteiger partial charge in [0, 0.05) is 45.2 Å². The molecule has 152 valence electrons. The maximum Gasteiger partial charge on any atom is 0.246 e. The van der Waals surface area contributed by atoms with Gasteiger partial charge in [-0.3, -0.25) is 9.69 Å². The number of rotatable bonds is 5. The van der Waals surface area contributed by atoms with Crippen LogP contribution in [0.1, 0.15) is 13.8 Å². The minimum absolute atomic E-state index is 0.00460. The second-order valence-electron chi connectivity index (χ2n) is 8.20. The molecule has 2 aromatic rings. The first-order valence-electron chi connectivity index (χ1n) is 10.1. The molecule has 28 heavy (non-hydrogen) atoms. The summed E-state index contributed by atoms with van der Waals surface area (Å²) in [6, 6.07) is 7.60. The van der Waals surface area contributed by atoms with Crippen LogP contribution in [-0.4, -0.2) is 87.3 Å². The molecule has 0 aliphatic carbocycles. The molecule has 0 bridgehead atoms. The Morgan fingerprint density at radius 2 is 1.68 bits per heavy atom. The number of carbonyl (C=O) groups is 1. The lowest BCUT2D eigenvalue weighted by Crippen LogP contribution is -2.48. The summed E-state index contributed by atoms with van der Waals surface area (Å²) < 4.78 is 5.81. The molecule has 0 radical (unpaired) electrons.